The molecule has 35 heavy (non-hydrogen) atoms. The number of hydrogen-bond acceptors (Lipinski definition) is 2. The molecule has 0 N–H and O–H groups in total. The summed E-state index contributed by atoms with van der Waals surface area (Å²) in [6.07, 6.45) is -4.49. The quantitative estimate of drug-likeness (QED) is 0.258. The summed E-state index contributed by atoms with van der Waals surface area (Å²) in [5, 5.41) is 4.88. The predicted octanol–water partition coefficient (Wildman–Crippen LogP) is 8.18. The maximum Gasteiger partial charge on any atom is 0.418 e. The van der Waals surface area contributed by atoms with Gasteiger partial charge in [-0.2, -0.15) is 18.3 Å². The molecule has 1 heterocycles. The first kappa shape index (κ1) is 22.7. The number of halogens is 3. The molecule has 5 aromatic rings. The van der Waals surface area contributed by atoms with E-state index in [9.17, 15) is 13.2 Å². The van der Waals surface area contributed by atoms with E-state index in [0.717, 1.165) is 34.1 Å². The average Bonchev–Trinajstić information content (AvgIpc) is 3.20. The third kappa shape index (κ3) is 4.52. The summed E-state index contributed by atoms with van der Waals surface area (Å²) in [5.41, 5.74) is 3.74. The number of hydrogen-bond donors (Lipinski definition) is 0. The lowest BCUT2D eigenvalue weighted by Gasteiger charge is -2.12. The minimum Gasteiger partial charge on any atom is -0.457 e. The fourth-order valence-electron chi connectivity index (χ4n) is 4.20. The Morgan fingerprint density at radius 2 is 1.51 bits per heavy atom. The summed E-state index contributed by atoms with van der Waals surface area (Å²) in [7, 11) is 0. The van der Waals surface area contributed by atoms with Gasteiger partial charge in [-0.05, 0) is 66.9 Å². The summed E-state index contributed by atoms with van der Waals surface area (Å²) in [5.74, 6) is 1.42. The third-order valence-electron chi connectivity index (χ3n) is 6.16. The second-order valence-corrected chi connectivity index (χ2v) is 8.52. The van der Waals surface area contributed by atoms with Gasteiger partial charge in [-0.3, -0.25) is 4.68 Å². The normalized spacial score (nSPS) is 11.7. The Hall–Kier alpha value is -4.06. The molecule has 3 nitrogen and oxygen atoms in total. The molecule has 1 aromatic heterocycles. The van der Waals surface area contributed by atoms with E-state index < -0.39 is 11.7 Å². The molecular weight excluding hydrogens is 449 g/mol. The third-order valence-corrected chi connectivity index (χ3v) is 6.16. The van der Waals surface area contributed by atoms with E-state index in [0.29, 0.717) is 23.4 Å². The van der Waals surface area contributed by atoms with Gasteiger partial charge in [-0.15, -0.1) is 0 Å². The van der Waals surface area contributed by atoms with Crippen LogP contribution in [-0.4, -0.2) is 9.78 Å². The van der Waals surface area contributed by atoms with Crippen molar-refractivity contribution in [3.05, 3.63) is 113 Å². The molecule has 0 aliphatic rings. The highest BCUT2D eigenvalue weighted by atomic mass is 19.4. The van der Waals surface area contributed by atoms with Gasteiger partial charge in [0, 0.05) is 10.9 Å². The molecular formula is C29H23F3N2O. The second-order valence-electron chi connectivity index (χ2n) is 8.52. The van der Waals surface area contributed by atoms with Crippen LogP contribution in [0.1, 0.15) is 22.3 Å². The summed E-state index contributed by atoms with van der Waals surface area (Å²) in [6, 6.07) is 27.0. The van der Waals surface area contributed by atoms with Crippen molar-refractivity contribution in [1.29, 1.82) is 0 Å². The fraction of sp³-hybridized carbons (Fsp3) is 0.138. The summed E-state index contributed by atoms with van der Waals surface area (Å²) >= 11 is 0. The summed E-state index contributed by atoms with van der Waals surface area (Å²) in [6.45, 7) is 4.38. The van der Waals surface area contributed by atoms with E-state index in [1.165, 1.54) is 6.07 Å². The Morgan fingerprint density at radius 1 is 0.800 bits per heavy atom. The smallest absolute Gasteiger partial charge is 0.418 e. The van der Waals surface area contributed by atoms with Crippen LogP contribution in [0.5, 0.6) is 11.5 Å². The van der Waals surface area contributed by atoms with Gasteiger partial charge in [0.25, 0.3) is 0 Å². The standard InChI is InChI=1S/C29H23F3N2O/c1-19-8-6-13-26(20(19)2)35-23-16-14-22(15-17-23)28-24-11-7-12-25(29(30,31)32)27(24)33-34(28)18-21-9-4-3-5-10-21/h3-17H,18H2,1-2H3. The molecule has 0 saturated heterocycles. The van der Waals surface area contributed by atoms with Gasteiger partial charge < -0.3 is 4.74 Å². The van der Waals surface area contributed by atoms with Gasteiger partial charge in [0.1, 0.15) is 17.0 Å². The van der Waals surface area contributed by atoms with E-state index in [2.05, 4.69) is 5.10 Å². The minimum atomic E-state index is -4.49. The van der Waals surface area contributed by atoms with Crippen LogP contribution in [0.3, 0.4) is 0 Å². The van der Waals surface area contributed by atoms with Crippen molar-refractivity contribution >= 4 is 10.9 Å². The van der Waals surface area contributed by atoms with E-state index >= 15 is 0 Å². The zero-order valence-corrected chi connectivity index (χ0v) is 19.3. The Balaban J connectivity index is 1.59. The van der Waals surface area contributed by atoms with Crippen molar-refractivity contribution in [1.82, 2.24) is 9.78 Å². The van der Waals surface area contributed by atoms with Crippen molar-refractivity contribution in [3.8, 4) is 22.8 Å². The van der Waals surface area contributed by atoms with Gasteiger partial charge in [-0.25, -0.2) is 0 Å². The number of aryl methyl sites for hydroxylation is 1. The monoisotopic (exact) mass is 472 g/mol. The highest BCUT2D eigenvalue weighted by Crippen LogP contribution is 2.38. The molecule has 5 rings (SSSR count). The SMILES string of the molecule is Cc1cccc(Oc2ccc(-c3c4cccc(C(F)(F)F)c4nn3Cc3ccccc3)cc2)c1C. The van der Waals surface area contributed by atoms with Crippen molar-refractivity contribution in [3.63, 3.8) is 0 Å². The molecule has 0 unspecified atom stereocenters. The number of nitrogens with zero attached hydrogens (tertiary/aromatic N) is 2. The molecule has 6 heteroatoms. The number of alkyl halides is 3. The van der Waals surface area contributed by atoms with Gasteiger partial charge in [-0.1, -0.05) is 54.6 Å². The zero-order chi connectivity index (χ0) is 24.6. The predicted molar refractivity (Wildman–Crippen MR) is 132 cm³/mol. The van der Waals surface area contributed by atoms with Gasteiger partial charge in [0.15, 0.2) is 0 Å². The highest BCUT2D eigenvalue weighted by Gasteiger charge is 2.34. The van der Waals surface area contributed by atoms with Crippen LogP contribution in [0.15, 0.2) is 91.0 Å². The Labute approximate surface area is 201 Å². The molecule has 0 saturated carbocycles. The van der Waals surface area contributed by atoms with Crippen molar-refractivity contribution < 1.29 is 17.9 Å². The van der Waals surface area contributed by atoms with Crippen LogP contribution in [-0.2, 0) is 12.7 Å². The molecule has 0 amide bonds. The Bertz CT molecular complexity index is 1490. The number of aromatic nitrogens is 2. The number of rotatable bonds is 5. The molecule has 0 radical (unpaired) electrons. The first-order chi connectivity index (χ1) is 16.8. The first-order valence-corrected chi connectivity index (χ1v) is 11.3. The topological polar surface area (TPSA) is 27.1 Å². The Kier molecular flexibility index (Phi) is 5.81. The molecule has 0 aliphatic carbocycles. The molecule has 0 bridgehead atoms. The summed E-state index contributed by atoms with van der Waals surface area (Å²) < 4.78 is 48.9. The van der Waals surface area contributed by atoms with Crippen LogP contribution >= 0.6 is 0 Å². The van der Waals surface area contributed by atoms with Crippen LogP contribution < -0.4 is 4.74 Å². The number of ether oxygens (including phenoxy) is 1. The fourth-order valence-corrected chi connectivity index (χ4v) is 4.20. The zero-order valence-electron chi connectivity index (χ0n) is 19.3. The molecule has 0 atom stereocenters. The average molecular weight is 473 g/mol. The van der Waals surface area contributed by atoms with E-state index in [1.54, 1.807) is 10.7 Å². The van der Waals surface area contributed by atoms with Crippen molar-refractivity contribution in [2.75, 3.05) is 0 Å². The lowest BCUT2D eigenvalue weighted by Crippen LogP contribution is -2.06. The number of benzene rings is 4. The highest BCUT2D eigenvalue weighted by molar-refractivity contribution is 5.95. The van der Waals surface area contributed by atoms with Crippen LogP contribution in [0.4, 0.5) is 13.2 Å². The Morgan fingerprint density at radius 3 is 2.23 bits per heavy atom. The van der Waals surface area contributed by atoms with Crippen LogP contribution in [0.25, 0.3) is 22.2 Å². The van der Waals surface area contributed by atoms with Gasteiger partial charge >= 0.3 is 6.18 Å². The molecule has 0 fully saturated rings. The number of fused-ring (bicyclic) bond motifs is 1. The van der Waals surface area contributed by atoms with E-state index in [4.69, 9.17) is 4.74 Å². The van der Waals surface area contributed by atoms with E-state index in [-0.39, 0.29) is 5.52 Å². The second kappa shape index (κ2) is 8.95. The van der Waals surface area contributed by atoms with Gasteiger partial charge in [0.2, 0.25) is 0 Å². The lowest BCUT2D eigenvalue weighted by atomic mass is 10.0. The van der Waals surface area contributed by atoms with E-state index in [1.807, 2.05) is 86.6 Å². The lowest BCUT2D eigenvalue weighted by molar-refractivity contribution is -0.136. The molecule has 176 valence electrons. The summed E-state index contributed by atoms with van der Waals surface area (Å²) in [4.78, 5) is 0. The van der Waals surface area contributed by atoms with Crippen molar-refractivity contribution in [2.45, 2.75) is 26.6 Å². The maximum atomic E-state index is 13.7. The van der Waals surface area contributed by atoms with Crippen LogP contribution in [0, 0.1) is 13.8 Å². The molecule has 0 spiro atoms. The largest absolute Gasteiger partial charge is 0.457 e. The minimum absolute atomic E-state index is 0.0540. The van der Waals surface area contributed by atoms with Crippen LogP contribution in [0.2, 0.25) is 0 Å². The van der Waals surface area contributed by atoms with Crippen molar-refractivity contribution in [2.24, 2.45) is 0 Å². The molecule has 4 aromatic carbocycles. The maximum absolute atomic E-state index is 13.7. The first-order valence-electron chi connectivity index (χ1n) is 11.3. The van der Waals surface area contributed by atoms with Gasteiger partial charge in [0.05, 0.1) is 17.8 Å². The molecule has 0 aliphatic heterocycles.